The van der Waals surface area contributed by atoms with Crippen LogP contribution in [0.1, 0.15) is 24.5 Å². The van der Waals surface area contributed by atoms with E-state index in [2.05, 4.69) is 10.1 Å². The maximum absolute atomic E-state index is 13.1. The van der Waals surface area contributed by atoms with Gasteiger partial charge >= 0.3 is 6.18 Å². The van der Waals surface area contributed by atoms with E-state index >= 15 is 0 Å². The maximum atomic E-state index is 13.1. The number of alkyl halides is 3. The zero-order valence-corrected chi connectivity index (χ0v) is 17.6. The standard InChI is InChI=1S/C18H15Cl2F3N4OS/c1-3-26(4-2)14(28)8-7-13-15(11-6-5-10(19)9-12(11)20)24-17-27(13)25-16(29-17)18(21,22)23/h5-9H,3-4H2,1-2H3/b8-7+. The molecule has 5 nitrogen and oxygen atoms in total. The van der Waals surface area contributed by atoms with Crippen molar-refractivity contribution in [2.75, 3.05) is 13.1 Å². The first-order valence-corrected chi connectivity index (χ1v) is 10.1. The van der Waals surface area contributed by atoms with Crippen molar-refractivity contribution in [3.63, 3.8) is 0 Å². The molecule has 11 heteroatoms. The highest BCUT2D eigenvalue weighted by Crippen LogP contribution is 2.37. The van der Waals surface area contributed by atoms with Crippen LogP contribution in [0.2, 0.25) is 10.0 Å². The zero-order chi connectivity index (χ0) is 21.3. The second-order valence-electron chi connectivity index (χ2n) is 5.91. The van der Waals surface area contributed by atoms with Gasteiger partial charge in [0, 0.05) is 29.8 Å². The van der Waals surface area contributed by atoms with Gasteiger partial charge in [0.1, 0.15) is 5.69 Å². The van der Waals surface area contributed by atoms with Gasteiger partial charge in [-0.2, -0.15) is 13.2 Å². The first-order valence-electron chi connectivity index (χ1n) is 8.54. The number of carbonyl (C=O) groups excluding carboxylic acids is 1. The van der Waals surface area contributed by atoms with Crippen molar-refractivity contribution in [1.82, 2.24) is 19.5 Å². The van der Waals surface area contributed by atoms with Crippen LogP contribution in [0.15, 0.2) is 24.3 Å². The Labute approximate surface area is 178 Å². The van der Waals surface area contributed by atoms with Gasteiger partial charge in [-0.3, -0.25) is 4.79 Å². The summed E-state index contributed by atoms with van der Waals surface area (Å²) in [6.45, 7) is 4.68. The van der Waals surface area contributed by atoms with Crippen molar-refractivity contribution in [3.8, 4) is 11.3 Å². The smallest absolute Gasteiger partial charge is 0.340 e. The molecule has 29 heavy (non-hydrogen) atoms. The summed E-state index contributed by atoms with van der Waals surface area (Å²) in [4.78, 5) is 18.2. The SMILES string of the molecule is CCN(CC)C(=O)/C=C/c1c(-c2ccc(Cl)cc2Cl)nc2sc(C(F)(F)F)nn12. The lowest BCUT2D eigenvalue weighted by atomic mass is 10.1. The molecule has 0 aliphatic rings. The largest absolute Gasteiger partial charge is 0.445 e. The number of likely N-dealkylation sites (N-methyl/N-ethyl adjacent to an activating group) is 1. The monoisotopic (exact) mass is 462 g/mol. The Hall–Kier alpha value is -2.10. The van der Waals surface area contributed by atoms with E-state index in [1.165, 1.54) is 18.2 Å². The molecule has 0 aliphatic carbocycles. The molecule has 0 fully saturated rings. The van der Waals surface area contributed by atoms with Crippen LogP contribution in [0.4, 0.5) is 13.2 Å². The van der Waals surface area contributed by atoms with Crippen LogP contribution in [0.5, 0.6) is 0 Å². The number of carbonyl (C=O) groups is 1. The van der Waals surface area contributed by atoms with Gasteiger partial charge in [0.15, 0.2) is 0 Å². The van der Waals surface area contributed by atoms with Crippen molar-refractivity contribution in [1.29, 1.82) is 0 Å². The molecular formula is C18H15Cl2F3N4OS. The number of aromatic nitrogens is 3. The molecule has 1 aromatic carbocycles. The molecule has 2 heterocycles. The van der Waals surface area contributed by atoms with Crippen LogP contribution >= 0.6 is 34.5 Å². The normalized spacial score (nSPS) is 12.2. The van der Waals surface area contributed by atoms with Crippen molar-refractivity contribution >= 4 is 51.5 Å². The van der Waals surface area contributed by atoms with E-state index in [1.54, 1.807) is 17.0 Å². The minimum atomic E-state index is -4.60. The van der Waals surface area contributed by atoms with Crippen molar-refractivity contribution in [3.05, 3.63) is 45.0 Å². The lowest BCUT2D eigenvalue weighted by Gasteiger charge is -2.15. The summed E-state index contributed by atoms with van der Waals surface area (Å²) < 4.78 is 40.3. The Bertz CT molecular complexity index is 1090. The quantitative estimate of drug-likeness (QED) is 0.459. The highest BCUT2D eigenvalue weighted by atomic mass is 35.5. The fourth-order valence-electron chi connectivity index (χ4n) is 2.70. The second-order valence-corrected chi connectivity index (χ2v) is 7.71. The van der Waals surface area contributed by atoms with Gasteiger partial charge < -0.3 is 4.90 Å². The topological polar surface area (TPSA) is 50.5 Å². The van der Waals surface area contributed by atoms with Gasteiger partial charge in [0.05, 0.1) is 10.7 Å². The summed E-state index contributed by atoms with van der Waals surface area (Å²) in [5.41, 5.74) is 0.997. The van der Waals surface area contributed by atoms with Crippen LogP contribution in [-0.2, 0) is 11.0 Å². The summed E-state index contributed by atoms with van der Waals surface area (Å²) in [5.74, 6) is -0.274. The molecule has 0 atom stereocenters. The molecule has 154 valence electrons. The molecule has 3 rings (SSSR count). The summed E-state index contributed by atoms with van der Waals surface area (Å²) >= 11 is 12.6. The van der Waals surface area contributed by atoms with Crippen molar-refractivity contribution in [2.45, 2.75) is 20.0 Å². The molecule has 3 aromatic rings. The lowest BCUT2D eigenvalue weighted by Crippen LogP contribution is -2.28. The highest BCUT2D eigenvalue weighted by Gasteiger charge is 2.36. The number of hydrogen-bond acceptors (Lipinski definition) is 4. The molecule has 0 unspecified atom stereocenters. The number of amides is 1. The predicted octanol–water partition coefficient (Wildman–Crippen LogP) is 5.67. The molecule has 0 N–H and O–H groups in total. The van der Waals surface area contributed by atoms with Crippen LogP contribution < -0.4 is 0 Å². The van der Waals surface area contributed by atoms with Gasteiger partial charge in [0.2, 0.25) is 15.9 Å². The molecule has 0 bridgehead atoms. The molecule has 2 aromatic heterocycles. The minimum absolute atomic E-state index is 0.0354. The first kappa shape index (κ1) is 21.6. The third-order valence-electron chi connectivity index (χ3n) is 4.13. The molecule has 0 saturated heterocycles. The highest BCUT2D eigenvalue weighted by molar-refractivity contribution is 7.16. The lowest BCUT2D eigenvalue weighted by molar-refractivity contribution is -0.138. The Balaban J connectivity index is 2.17. The average Bonchev–Trinajstić information content (AvgIpc) is 3.19. The summed E-state index contributed by atoms with van der Waals surface area (Å²) in [7, 11) is 0. The first-order chi connectivity index (χ1) is 13.7. The Kier molecular flexibility index (Phi) is 6.21. The van der Waals surface area contributed by atoms with Crippen molar-refractivity contribution < 1.29 is 18.0 Å². The fourth-order valence-corrected chi connectivity index (χ4v) is 3.97. The summed E-state index contributed by atoms with van der Waals surface area (Å²) in [5, 5.41) is 3.30. The van der Waals surface area contributed by atoms with Gasteiger partial charge in [-0.25, -0.2) is 9.50 Å². The van der Waals surface area contributed by atoms with Gasteiger partial charge in [-0.1, -0.05) is 34.5 Å². The average molecular weight is 463 g/mol. The number of imidazole rings is 1. The van der Waals surface area contributed by atoms with E-state index < -0.39 is 11.2 Å². The van der Waals surface area contributed by atoms with E-state index in [4.69, 9.17) is 23.2 Å². The van der Waals surface area contributed by atoms with Gasteiger partial charge in [-0.15, -0.1) is 5.10 Å². The van der Waals surface area contributed by atoms with E-state index in [9.17, 15) is 18.0 Å². The number of halogens is 5. The van der Waals surface area contributed by atoms with Crippen LogP contribution in [0.25, 0.3) is 22.3 Å². The number of fused-ring (bicyclic) bond motifs is 1. The number of nitrogens with zero attached hydrogens (tertiary/aromatic N) is 4. The predicted molar refractivity (Wildman–Crippen MR) is 108 cm³/mol. The van der Waals surface area contributed by atoms with E-state index in [1.807, 2.05) is 13.8 Å². The van der Waals surface area contributed by atoms with Crippen molar-refractivity contribution in [2.24, 2.45) is 0 Å². The molecule has 1 amide bonds. The van der Waals surface area contributed by atoms with E-state index in [-0.39, 0.29) is 21.6 Å². The second kappa shape index (κ2) is 8.33. The number of rotatable bonds is 5. The van der Waals surface area contributed by atoms with Crippen LogP contribution in [-0.4, -0.2) is 38.5 Å². The Morgan fingerprint density at radius 3 is 2.55 bits per heavy atom. The molecule has 0 aliphatic heterocycles. The van der Waals surface area contributed by atoms with Crippen LogP contribution in [0.3, 0.4) is 0 Å². The van der Waals surface area contributed by atoms with Gasteiger partial charge in [0.25, 0.3) is 0 Å². The zero-order valence-electron chi connectivity index (χ0n) is 15.3. The molecule has 0 radical (unpaired) electrons. The molecule has 0 spiro atoms. The van der Waals surface area contributed by atoms with Gasteiger partial charge in [-0.05, 0) is 38.1 Å². The molecular weight excluding hydrogens is 448 g/mol. The fraction of sp³-hybridized carbons (Fsp3) is 0.278. The minimum Gasteiger partial charge on any atom is -0.340 e. The molecule has 0 saturated carbocycles. The number of benzene rings is 1. The third kappa shape index (κ3) is 4.41. The Morgan fingerprint density at radius 1 is 1.28 bits per heavy atom. The third-order valence-corrected chi connectivity index (χ3v) is 5.63. The van der Waals surface area contributed by atoms with Crippen LogP contribution in [0, 0.1) is 0 Å². The maximum Gasteiger partial charge on any atom is 0.445 e. The summed E-state index contributed by atoms with van der Waals surface area (Å²) in [6, 6.07) is 4.72. The summed E-state index contributed by atoms with van der Waals surface area (Å²) in [6.07, 6.45) is -1.90. The number of hydrogen-bond donors (Lipinski definition) is 0. The Morgan fingerprint density at radius 2 is 1.97 bits per heavy atom. The van der Waals surface area contributed by atoms with E-state index in [0.717, 1.165) is 4.52 Å². The van der Waals surface area contributed by atoms with E-state index in [0.29, 0.717) is 40.7 Å².